The summed E-state index contributed by atoms with van der Waals surface area (Å²) >= 11 is 7.14. The van der Waals surface area contributed by atoms with Crippen molar-refractivity contribution >= 4 is 29.1 Å². The van der Waals surface area contributed by atoms with E-state index in [4.69, 9.17) is 11.6 Å². The summed E-state index contributed by atoms with van der Waals surface area (Å²) in [4.78, 5) is 15.9. The number of aromatic nitrogens is 2. The fraction of sp³-hybridized carbons (Fsp3) is 0.167. The van der Waals surface area contributed by atoms with E-state index < -0.39 is 0 Å². The molecular formula is C12H11ClN2OS. The number of carbonyl (C=O) groups is 1. The van der Waals surface area contributed by atoms with Crippen molar-refractivity contribution in [2.24, 2.45) is 7.05 Å². The summed E-state index contributed by atoms with van der Waals surface area (Å²) in [5.74, 6) is 0.492. The van der Waals surface area contributed by atoms with Crippen molar-refractivity contribution in [3.63, 3.8) is 0 Å². The summed E-state index contributed by atoms with van der Waals surface area (Å²) < 4.78 is 1.86. The van der Waals surface area contributed by atoms with Crippen LogP contribution in [-0.4, -0.2) is 21.1 Å². The fourth-order valence-corrected chi connectivity index (χ4v) is 2.19. The number of thioether (sulfide) groups is 1. The third-order valence-electron chi connectivity index (χ3n) is 2.21. The van der Waals surface area contributed by atoms with Crippen LogP contribution in [0.5, 0.6) is 0 Å². The van der Waals surface area contributed by atoms with E-state index in [0.29, 0.717) is 10.8 Å². The molecule has 2 aromatic rings. The highest BCUT2D eigenvalue weighted by Gasteiger charge is 2.08. The molecule has 5 heteroatoms. The van der Waals surface area contributed by atoms with Crippen LogP contribution in [0.4, 0.5) is 0 Å². The Kier molecular flexibility index (Phi) is 3.86. The number of carbonyl (C=O) groups excluding carboxylic acids is 1. The first kappa shape index (κ1) is 12.2. The van der Waals surface area contributed by atoms with Gasteiger partial charge in [0.15, 0.2) is 5.78 Å². The second-order valence-corrected chi connectivity index (χ2v) is 5.02. The zero-order valence-corrected chi connectivity index (χ0v) is 10.8. The van der Waals surface area contributed by atoms with Gasteiger partial charge in [-0.3, -0.25) is 4.79 Å². The van der Waals surface area contributed by atoms with Gasteiger partial charge in [-0.15, -0.1) is 0 Å². The summed E-state index contributed by atoms with van der Waals surface area (Å²) in [5.41, 5.74) is 0.731. The molecule has 0 aromatic carbocycles. The minimum Gasteiger partial charge on any atom is -0.357 e. The average molecular weight is 267 g/mol. The van der Waals surface area contributed by atoms with Crippen molar-refractivity contribution in [1.82, 2.24) is 9.55 Å². The average Bonchev–Trinajstić information content (AvgIpc) is 2.75. The van der Waals surface area contributed by atoms with Crippen molar-refractivity contribution in [2.45, 2.75) is 5.03 Å². The molecule has 0 amide bonds. The second kappa shape index (κ2) is 5.38. The van der Waals surface area contributed by atoms with Crippen LogP contribution in [0.1, 0.15) is 10.4 Å². The van der Waals surface area contributed by atoms with Gasteiger partial charge in [0.1, 0.15) is 0 Å². The maximum Gasteiger partial charge on any atom is 0.174 e. The van der Waals surface area contributed by atoms with E-state index in [9.17, 15) is 4.79 Å². The summed E-state index contributed by atoms with van der Waals surface area (Å²) in [5, 5.41) is 1.41. The van der Waals surface area contributed by atoms with Crippen LogP contribution in [0.2, 0.25) is 5.02 Å². The van der Waals surface area contributed by atoms with Gasteiger partial charge in [0.25, 0.3) is 0 Å². The van der Waals surface area contributed by atoms with E-state index in [2.05, 4.69) is 4.98 Å². The molecule has 0 radical (unpaired) electrons. The molecule has 2 rings (SSSR count). The lowest BCUT2D eigenvalue weighted by Crippen LogP contribution is -2.01. The predicted octanol–water partition coefficient (Wildman–Crippen LogP) is 3.05. The van der Waals surface area contributed by atoms with Crippen LogP contribution in [0, 0.1) is 0 Å². The lowest BCUT2D eigenvalue weighted by molar-refractivity contribution is 0.102. The summed E-state index contributed by atoms with van der Waals surface area (Å²) in [6.07, 6.45) is 5.26. The molecule has 0 unspecified atom stereocenters. The highest BCUT2D eigenvalue weighted by molar-refractivity contribution is 7.99. The zero-order chi connectivity index (χ0) is 12.3. The van der Waals surface area contributed by atoms with Crippen LogP contribution in [0.25, 0.3) is 0 Å². The quantitative estimate of drug-likeness (QED) is 0.630. The number of halogens is 1. The molecule has 88 valence electrons. The molecule has 17 heavy (non-hydrogen) atoms. The number of pyridine rings is 1. The Morgan fingerprint density at radius 2 is 2.29 bits per heavy atom. The molecular weight excluding hydrogens is 256 g/mol. The van der Waals surface area contributed by atoms with Crippen molar-refractivity contribution in [3.05, 3.63) is 47.4 Å². The second-order valence-electron chi connectivity index (χ2n) is 3.59. The van der Waals surface area contributed by atoms with Crippen molar-refractivity contribution in [1.29, 1.82) is 0 Å². The molecule has 2 heterocycles. The lowest BCUT2D eigenvalue weighted by atomic mass is 10.2. The van der Waals surface area contributed by atoms with Crippen LogP contribution in [0.15, 0.2) is 41.8 Å². The van der Waals surface area contributed by atoms with Gasteiger partial charge in [-0.25, -0.2) is 4.98 Å². The SMILES string of the molecule is Cn1ccc(C(=O)CSc2ccc(Cl)cn2)c1. The molecule has 0 atom stereocenters. The number of aryl methyl sites for hydroxylation is 1. The van der Waals surface area contributed by atoms with Crippen molar-refractivity contribution in [2.75, 3.05) is 5.75 Å². The van der Waals surface area contributed by atoms with E-state index >= 15 is 0 Å². The molecule has 0 bridgehead atoms. The monoisotopic (exact) mass is 266 g/mol. The highest BCUT2D eigenvalue weighted by Crippen LogP contribution is 2.18. The van der Waals surface area contributed by atoms with E-state index in [0.717, 1.165) is 10.6 Å². The fourth-order valence-electron chi connectivity index (χ4n) is 1.34. The summed E-state index contributed by atoms with van der Waals surface area (Å²) in [7, 11) is 1.89. The number of Topliss-reactive ketones (excluding diaryl/α,β-unsaturated/α-hetero) is 1. The number of nitrogens with zero attached hydrogens (tertiary/aromatic N) is 2. The van der Waals surface area contributed by atoms with Crippen LogP contribution < -0.4 is 0 Å². The van der Waals surface area contributed by atoms with Gasteiger partial charge in [-0.2, -0.15) is 0 Å². The van der Waals surface area contributed by atoms with Crippen LogP contribution in [0.3, 0.4) is 0 Å². The normalized spacial score (nSPS) is 10.5. The Balaban J connectivity index is 1.94. The van der Waals surface area contributed by atoms with E-state index in [1.807, 2.05) is 36.1 Å². The molecule has 0 aliphatic carbocycles. The standard InChI is InChI=1S/C12H11ClN2OS/c1-15-5-4-9(7-15)11(16)8-17-12-3-2-10(13)6-14-12/h2-7H,8H2,1H3. The Morgan fingerprint density at radius 3 is 2.88 bits per heavy atom. The van der Waals surface area contributed by atoms with Crippen LogP contribution >= 0.6 is 23.4 Å². The number of hydrogen-bond donors (Lipinski definition) is 0. The van der Waals surface area contributed by atoms with E-state index in [-0.39, 0.29) is 5.78 Å². The molecule has 0 aliphatic heterocycles. The van der Waals surface area contributed by atoms with Gasteiger partial charge < -0.3 is 4.57 Å². The number of hydrogen-bond acceptors (Lipinski definition) is 3. The Labute approximate surface area is 109 Å². The Morgan fingerprint density at radius 1 is 1.47 bits per heavy atom. The van der Waals surface area contributed by atoms with Crippen molar-refractivity contribution in [3.8, 4) is 0 Å². The molecule has 0 aliphatic rings. The topological polar surface area (TPSA) is 34.9 Å². The maximum absolute atomic E-state index is 11.8. The van der Waals surface area contributed by atoms with Gasteiger partial charge in [0.05, 0.1) is 15.8 Å². The molecule has 0 fully saturated rings. The predicted molar refractivity (Wildman–Crippen MR) is 69.7 cm³/mol. The molecule has 2 aromatic heterocycles. The lowest BCUT2D eigenvalue weighted by Gasteiger charge is -1.99. The Bertz CT molecular complexity index is 522. The van der Waals surface area contributed by atoms with Gasteiger partial charge in [0.2, 0.25) is 0 Å². The summed E-state index contributed by atoms with van der Waals surface area (Å²) in [6, 6.07) is 5.40. The van der Waals surface area contributed by atoms with Gasteiger partial charge in [0, 0.05) is 31.2 Å². The summed E-state index contributed by atoms with van der Waals surface area (Å²) in [6.45, 7) is 0. The van der Waals surface area contributed by atoms with Gasteiger partial charge >= 0.3 is 0 Å². The first-order chi connectivity index (χ1) is 8.15. The maximum atomic E-state index is 11.8. The largest absolute Gasteiger partial charge is 0.357 e. The molecule has 0 N–H and O–H groups in total. The smallest absolute Gasteiger partial charge is 0.174 e. The number of ketones is 1. The zero-order valence-electron chi connectivity index (χ0n) is 9.26. The first-order valence-corrected chi connectivity index (χ1v) is 6.41. The van der Waals surface area contributed by atoms with Crippen molar-refractivity contribution < 1.29 is 4.79 Å². The minimum absolute atomic E-state index is 0.104. The van der Waals surface area contributed by atoms with Gasteiger partial charge in [-0.05, 0) is 18.2 Å². The van der Waals surface area contributed by atoms with Crippen LogP contribution in [-0.2, 0) is 7.05 Å². The minimum atomic E-state index is 0.104. The molecule has 0 saturated heterocycles. The van der Waals surface area contributed by atoms with E-state index in [1.54, 1.807) is 12.3 Å². The third kappa shape index (κ3) is 3.35. The molecule has 3 nitrogen and oxygen atoms in total. The van der Waals surface area contributed by atoms with E-state index in [1.165, 1.54) is 11.8 Å². The molecule has 0 spiro atoms. The van der Waals surface area contributed by atoms with Gasteiger partial charge in [-0.1, -0.05) is 23.4 Å². The first-order valence-electron chi connectivity index (χ1n) is 5.04. The third-order valence-corrected chi connectivity index (χ3v) is 3.37. The highest BCUT2D eigenvalue weighted by atomic mass is 35.5. The Hall–Kier alpha value is -1.26. The molecule has 0 saturated carbocycles. The number of rotatable bonds is 4.